The second-order valence-corrected chi connectivity index (χ2v) is 6.72. The molecule has 0 spiro atoms. The van der Waals surface area contributed by atoms with Crippen LogP contribution in [0.25, 0.3) is 5.65 Å². The Hall–Kier alpha value is -3.19. The zero-order chi connectivity index (χ0) is 18.8. The maximum atomic E-state index is 9.75. The van der Waals surface area contributed by atoms with E-state index < -0.39 is 6.10 Å². The van der Waals surface area contributed by atoms with E-state index in [0.29, 0.717) is 23.6 Å². The quantitative estimate of drug-likeness (QED) is 0.642. The number of benzene rings is 1. The van der Waals surface area contributed by atoms with Gasteiger partial charge in [-0.15, -0.1) is 15.3 Å². The molecule has 0 saturated carbocycles. The lowest BCUT2D eigenvalue weighted by Crippen LogP contribution is -2.09. The van der Waals surface area contributed by atoms with Crippen molar-refractivity contribution in [3.63, 3.8) is 0 Å². The Morgan fingerprint density at radius 3 is 2.93 bits per heavy atom. The summed E-state index contributed by atoms with van der Waals surface area (Å²) in [7, 11) is 0. The minimum Gasteiger partial charge on any atom is -0.508 e. The Morgan fingerprint density at radius 1 is 1.26 bits per heavy atom. The smallest absolute Gasteiger partial charge is 0.178 e. The molecule has 0 aliphatic heterocycles. The van der Waals surface area contributed by atoms with E-state index in [1.165, 1.54) is 0 Å². The maximum absolute atomic E-state index is 9.75. The number of allylic oxidation sites excluding steroid dienone is 3. The van der Waals surface area contributed by atoms with Crippen molar-refractivity contribution < 1.29 is 10.2 Å². The van der Waals surface area contributed by atoms with E-state index in [2.05, 4.69) is 20.6 Å². The molecule has 2 unspecified atom stereocenters. The van der Waals surface area contributed by atoms with Crippen molar-refractivity contribution in [1.29, 1.82) is 0 Å². The fraction of sp³-hybridized carbons (Fsp3) is 0.250. The molecule has 0 fully saturated rings. The predicted molar refractivity (Wildman–Crippen MR) is 103 cm³/mol. The fourth-order valence-electron chi connectivity index (χ4n) is 3.09. The van der Waals surface area contributed by atoms with Crippen LogP contribution in [0.15, 0.2) is 60.4 Å². The summed E-state index contributed by atoms with van der Waals surface area (Å²) in [5.41, 5.74) is 2.38. The summed E-state index contributed by atoms with van der Waals surface area (Å²) in [5.74, 6) is 2.01. The second-order valence-electron chi connectivity index (χ2n) is 6.72. The highest BCUT2D eigenvalue weighted by Crippen LogP contribution is 2.22. The van der Waals surface area contributed by atoms with Crippen molar-refractivity contribution in [1.82, 2.24) is 19.8 Å². The molecule has 7 heteroatoms. The Morgan fingerprint density at radius 2 is 2.15 bits per heavy atom. The molecular formula is C20H21N5O2. The molecular weight excluding hydrogens is 342 g/mol. The molecule has 2 heterocycles. The van der Waals surface area contributed by atoms with E-state index in [9.17, 15) is 10.2 Å². The highest BCUT2D eigenvalue weighted by Gasteiger charge is 2.15. The van der Waals surface area contributed by atoms with Crippen LogP contribution in [0.4, 0.5) is 11.5 Å². The first-order valence-electron chi connectivity index (χ1n) is 8.92. The number of fused-ring (bicyclic) bond motifs is 1. The van der Waals surface area contributed by atoms with Crippen molar-refractivity contribution in [3.05, 3.63) is 71.8 Å². The lowest BCUT2D eigenvalue weighted by Gasteiger charge is -2.13. The van der Waals surface area contributed by atoms with E-state index in [1.807, 2.05) is 48.6 Å². The largest absolute Gasteiger partial charge is 0.508 e. The van der Waals surface area contributed by atoms with Crippen LogP contribution in [0.5, 0.6) is 0 Å². The molecule has 3 N–H and O–H groups in total. The summed E-state index contributed by atoms with van der Waals surface area (Å²) in [6.07, 6.45) is 6.44. The average Bonchev–Trinajstić information content (AvgIpc) is 3.06. The Kier molecular flexibility index (Phi) is 4.60. The van der Waals surface area contributed by atoms with Crippen LogP contribution in [-0.2, 0) is 6.42 Å². The maximum Gasteiger partial charge on any atom is 0.178 e. The first kappa shape index (κ1) is 17.2. The van der Waals surface area contributed by atoms with Crippen LogP contribution in [0.2, 0.25) is 0 Å². The van der Waals surface area contributed by atoms with Crippen LogP contribution in [-0.4, -0.2) is 30.0 Å². The van der Waals surface area contributed by atoms with Gasteiger partial charge in [-0.3, -0.25) is 0 Å². The lowest BCUT2D eigenvalue weighted by molar-refractivity contribution is 0.199. The van der Waals surface area contributed by atoms with Gasteiger partial charge in [0.1, 0.15) is 5.76 Å². The number of nitrogens with zero attached hydrogens (tertiary/aromatic N) is 4. The minimum atomic E-state index is -0.524. The number of aromatic nitrogens is 4. The zero-order valence-electron chi connectivity index (χ0n) is 14.9. The number of anilines is 2. The topological polar surface area (TPSA) is 95.6 Å². The van der Waals surface area contributed by atoms with E-state index in [-0.39, 0.29) is 5.92 Å². The molecule has 4 rings (SSSR count). The van der Waals surface area contributed by atoms with E-state index in [4.69, 9.17) is 0 Å². The van der Waals surface area contributed by atoms with Crippen LogP contribution in [0.3, 0.4) is 0 Å². The molecule has 1 aromatic carbocycles. The number of rotatable bonds is 5. The molecule has 7 nitrogen and oxygen atoms in total. The number of aliphatic hydroxyl groups excluding tert-OH is 2. The summed E-state index contributed by atoms with van der Waals surface area (Å²) in [4.78, 5) is 0. The monoisotopic (exact) mass is 363 g/mol. The van der Waals surface area contributed by atoms with Gasteiger partial charge in [-0.05, 0) is 61.2 Å². The molecule has 0 saturated heterocycles. The van der Waals surface area contributed by atoms with Crippen molar-refractivity contribution in [3.8, 4) is 0 Å². The number of aliphatic hydroxyl groups is 2. The van der Waals surface area contributed by atoms with Gasteiger partial charge in [-0.2, -0.15) is 4.52 Å². The molecule has 0 radical (unpaired) electrons. The van der Waals surface area contributed by atoms with Crippen molar-refractivity contribution >= 4 is 17.2 Å². The van der Waals surface area contributed by atoms with Gasteiger partial charge in [-0.1, -0.05) is 18.2 Å². The average molecular weight is 363 g/mol. The van der Waals surface area contributed by atoms with Gasteiger partial charge < -0.3 is 15.5 Å². The van der Waals surface area contributed by atoms with Crippen LogP contribution >= 0.6 is 0 Å². The normalized spacial score (nSPS) is 17.7. The van der Waals surface area contributed by atoms with E-state index in [0.717, 1.165) is 23.5 Å². The van der Waals surface area contributed by atoms with Gasteiger partial charge in [-0.25, -0.2) is 0 Å². The van der Waals surface area contributed by atoms with Crippen molar-refractivity contribution in [2.45, 2.75) is 25.9 Å². The first-order valence-corrected chi connectivity index (χ1v) is 8.92. The van der Waals surface area contributed by atoms with Gasteiger partial charge in [0.25, 0.3) is 0 Å². The number of hydrogen-bond acceptors (Lipinski definition) is 6. The first-order chi connectivity index (χ1) is 13.1. The Bertz CT molecular complexity index is 1020. The number of hydrogen-bond donors (Lipinski definition) is 3. The number of nitrogens with one attached hydrogen (secondary N) is 1. The van der Waals surface area contributed by atoms with E-state index in [1.54, 1.807) is 17.5 Å². The van der Waals surface area contributed by atoms with Crippen molar-refractivity contribution in [2.75, 3.05) is 5.32 Å². The zero-order valence-corrected chi connectivity index (χ0v) is 14.9. The predicted octanol–water partition coefficient (Wildman–Crippen LogP) is 3.48. The summed E-state index contributed by atoms with van der Waals surface area (Å²) in [6.45, 7) is 1.74. The molecule has 2 atom stereocenters. The van der Waals surface area contributed by atoms with Crippen LogP contribution < -0.4 is 5.32 Å². The SMILES string of the molecule is CC(O)c1cccc(Nc2ccc3nnc(CC4C=CC(O)=CC4)n3n2)c1. The lowest BCUT2D eigenvalue weighted by atomic mass is 9.96. The van der Waals surface area contributed by atoms with E-state index >= 15 is 0 Å². The molecule has 0 amide bonds. The molecule has 138 valence electrons. The summed E-state index contributed by atoms with van der Waals surface area (Å²) in [6, 6.07) is 11.3. The highest BCUT2D eigenvalue weighted by atomic mass is 16.3. The Balaban J connectivity index is 1.57. The molecule has 2 aromatic heterocycles. The fourth-order valence-corrected chi connectivity index (χ4v) is 3.09. The molecule has 0 bridgehead atoms. The van der Waals surface area contributed by atoms with Crippen LogP contribution in [0, 0.1) is 5.92 Å². The summed E-state index contributed by atoms with van der Waals surface area (Å²) < 4.78 is 1.74. The summed E-state index contributed by atoms with van der Waals surface area (Å²) >= 11 is 0. The van der Waals surface area contributed by atoms with Gasteiger partial charge in [0.15, 0.2) is 17.3 Å². The van der Waals surface area contributed by atoms with Gasteiger partial charge in [0.2, 0.25) is 0 Å². The third-order valence-electron chi connectivity index (χ3n) is 4.58. The van der Waals surface area contributed by atoms with Crippen molar-refractivity contribution in [2.24, 2.45) is 5.92 Å². The summed E-state index contributed by atoms with van der Waals surface area (Å²) in [5, 5.41) is 35.5. The third-order valence-corrected chi connectivity index (χ3v) is 4.58. The molecule has 1 aliphatic carbocycles. The van der Waals surface area contributed by atoms with Gasteiger partial charge in [0, 0.05) is 12.1 Å². The Labute approximate surface area is 156 Å². The second kappa shape index (κ2) is 7.20. The van der Waals surface area contributed by atoms with Gasteiger partial charge in [0.05, 0.1) is 6.10 Å². The van der Waals surface area contributed by atoms with Crippen LogP contribution in [0.1, 0.15) is 30.8 Å². The minimum absolute atomic E-state index is 0.259. The standard InChI is InChI=1S/C20H21N5O2/c1-13(26)15-3-2-4-16(12-15)21-18-9-10-19-22-23-20(25(19)24-18)11-14-5-7-17(27)8-6-14/h2-5,7-10,12-14,26-27H,6,11H2,1H3,(H,21,24). The molecule has 3 aromatic rings. The molecule has 1 aliphatic rings. The third kappa shape index (κ3) is 3.83. The highest BCUT2D eigenvalue weighted by molar-refractivity contribution is 5.58. The van der Waals surface area contributed by atoms with Gasteiger partial charge >= 0.3 is 0 Å². The molecule has 27 heavy (non-hydrogen) atoms.